The van der Waals surface area contributed by atoms with Gasteiger partial charge in [-0.25, -0.2) is 0 Å². The molecule has 11 heteroatoms. The normalized spacial score (nSPS) is 10.4. The van der Waals surface area contributed by atoms with Gasteiger partial charge in [0.2, 0.25) is 5.75 Å². The number of hydrogen-bond acceptors (Lipinski definition) is 7. The van der Waals surface area contributed by atoms with Crippen LogP contribution in [-0.4, -0.2) is 38.3 Å². The number of carbonyl (C=O) groups excluding carboxylic acids is 2. The predicted octanol–water partition coefficient (Wildman–Crippen LogP) is 4.06. The molecule has 1 heterocycles. The molecule has 0 aliphatic rings. The second-order valence-electron chi connectivity index (χ2n) is 6.38. The fourth-order valence-electron chi connectivity index (χ4n) is 2.99. The quantitative estimate of drug-likeness (QED) is 0.512. The van der Waals surface area contributed by atoms with Crippen LogP contribution in [0.3, 0.4) is 0 Å². The monoisotopic (exact) mass is 479 g/mol. The highest BCUT2D eigenvalue weighted by Gasteiger charge is 2.25. The van der Waals surface area contributed by atoms with Crippen LogP contribution in [0, 0.1) is 6.92 Å². The molecular weight excluding hydrogens is 461 g/mol. The molecule has 168 valence electrons. The van der Waals surface area contributed by atoms with E-state index in [1.807, 2.05) is 0 Å². The van der Waals surface area contributed by atoms with Crippen molar-refractivity contribution < 1.29 is 28.3 Å². The summed E-state index contributed by atoms with van der Waals surface area (Å²) < 4.78 is 20.9. The zero-order valence-electron chi connectivity index (χ0n) is 17.5. The Morgan fingerprint density at radius 2 is 1.50 bits per heavy atom. The highest BCUT2D eigenvalue weighted by atomic mass is 35.5. The molecular formula is C21H19Cl2N3O6. The van der Waals surface area contributed by atoms with E-state index in [2.05, 4.69) is 16.0 Å². The molecule has 3 rings (SSSR count). The number of nitrogens with zero attached hydrogens (tertiary/aromatic N) is 1. The highest BCUT2D eigenvalue weighted by molar-refractivity contribution is 6.39. The second-order valence-corrected chi connectivity index (χ2v) is 7.20. The van der Waals surface area contributed by atoms with E-state index in [9.17, 15) is 9.59 Å². The van der Waals surface area contributed by atoms with Gasteiger partial charge in [-0.05, 0) is 31.2 Å². The summed E-state index contributed by atoms with van der Waals surface area (Å²) in [5, 5.41) is 4.50. The average molecular weight is 480 g/mol. The van der Waals surface area contributed by atoms with Crippen molar-refractivity contribution in [3.8, 4) is 28.5 Å². The fourth-order valence-corrected chi connectivity index (χ4v) is 3.57. The topological polar surface area (TPSA) is 112 Å². The third-order valence-electron chi connectivity index (χ3n) is 4.51. The number of carbonyl (C=O) groups is 2. The van der Waals surface area contributed by atoms with Crippen molar-refractivity contribution in [1.82, 2.24) is 16.0 Å². The maximum Gasteiger partial charge on any atom is 0.275 e. The Morgan fingerprint density at radius 3 is 2.03 bits per heavy atom. The molecule has 0 radical (unpaired) electrons. The minimum absolute atomic E-state index is 0.0743. The van der Waals surface area contributed by atoms with Gasteiger partial charge in [0.05, 0.1) is 31.4 Å². The zero-order valence-corrected chi connectivity index (χ0v) is 19.1. The van der Waals surface area contributed by atoms with Gasteiger partial charge in [0, 0.05) is 11.1 Å². The van der Waals surface area contributed by atoms with E-state index in [1.54, 1.807) is 25.1 Å². The van der Waals surface area contributed by atoms with Crippen molar-refractivity contribution in [1.29, 1.82) is 0 Å². The lowest BCUT2D eigenvalue weighted by atomic mass is 10.1. The first-order valence-corrected chi connectivity index (χ1v) is 9.89. The van der Waals surface area contributed by atoms with E-state index in [-0.39, 0.29) is 34.1 Å². The van der Waals surface area contributed by atoms with E-state index >= 15 is 0 Å². The summed E-state index contributed by atoms with van der Waals surface area (Å²) >= 11 is 12.5. The lowest BCUT2D eigenvalue weighted by Crippen LogP contribution is -2.42. The van der Waals surface area contributed by atoms with Gasteiger partial charge in [-0.1, -0.05) is 34.4 Å². The van der Waals surface area contributed by atoms with Gasteiger partial charge in [-0.15, -0.1) is 0 Å². The standard InChI is InChI=1S/C21H19Cl2N3O6/c1-10-16(18(26-32-10)17-12(22)6-5-7-13(17)23)21(28)25-24-20(27)11-8-14(29-2)19(31-4)15(9-11)30-3/h5-9H,1-4H3,(H,24,27)(H,25,28). The van der Waals surface area contributed by atoms with E-state index in [0.717, 1.165) is 0 Å². The molecule has 0 saturated heterocycles. The zero-order chi connectivity index (χ0) is 23.4. The summed E-state index contributed by atoms with van der Waals surface area (Å²) in [7, 11) is 4.30. The summed E-state index contributed by atoms with van der Waals surface area (Å²) in [4.78, 5) is 25.5. The predicted molar refractivity (Wildman–Crippen MR) is 118 cm³/mol. The number of amides is 2. The summed E-state index contributed by atoms with van der Waals surface area (Å²) in [5.74, 6) is -0.172. The van der Waals surface area contributed by atoms with Crippen LogP contribution in [0.15, 0.2) is 34.9 Å². The number of ether oxygens (including phenoxy) is 3. The SMILES string of the molecule is COc1cc(C(=O)NNC(=O)c2c(-c3c(Cl)cccc3Cl)noc2C)cc(OC)c1OC. The minimum atomic E-state index is -0.671. The molecule has 0 aliphatic heterocycles. The summed E-state index contributed by atoms with van der Waals surface area (Å²) in [6.45, 7) is 1.55. The van der Waals surface area contributed by atoms with Gasteiger partial charge in [-0.2, -0.15) is 0 Å². The largest absolute Gasteiger partial charge is 0.493 e. The highest BCUT2D eigenvalue weighted by Crippen LogP contribution is 2.38. The molecule has 1 aromatic heterocycles. The fraction of sp³-hybridized carbons (Fsp3) is 0.190. The van der Waals surface area contributed by atoms with Crippen LogP contribution < -0.4 is 25.1 Å². The number of hydrogen-bond donors (Lipinski definition) is 2. The van der Waals surface area contributed by atoms with Crippen molar-refractivity contribution in [2.75, 3.05) is 21.3 Å². The molecule has 9 nitrogen and oxygen atoms in total. The average Bonchev–Trinajstić information content (AvgIpc) is 3.16. The van der Waals surface area contributed by atoms with Crippen molar-refractivity contribution in [3.63, 3.8) is 0 Å². The summed E-state index contributed by atoms with van der Waals surface area (Å²) in [6, 6.07) is 7.78. The van der Waals surface area contributed by atoms with Gasteiger partial charge >= 0.3 is 0 Å². The summed E-state index contributed by atoms with van der Waals surface area (Å²) in [6.07, 6.45) is 0. The van der Waals surface area contributed by atoms with Crippen LogP contribution in [0.1, 0.15) is 26.5 Å². The van der Waals surface area contributed by atoms with Crippen LogP contribution in [0.2, 0.25) is 10.0 Å². The number of hydrazine groups is 1. The number of aromatic nitrogens is 1. The molecule has 0 unspecified atom stereocenters. The van der Waals surface area contributed by atoms with Crippen molar-refractivity contribution >= 4 is 35.0 Å². The van der Waals surface area contributed by atoms with Gasteiger partial charge in [-0.3, -0.25) is 20.4 Å². The molecule has 2 amide bonds. The molecule has 32 heavy (non-hydrogen) atoms. The van der Waals surface area contributed by atoms with E-state index < -0.39 is 11.8 Å². The van der Waals surface area contributed by atoms with E-state index in [1.165, 1.54) is 33.5 Å². The van der Waals surface area contributed by atoms with Crippen LogP contribution in [-0.2, 0) is 0 Å². The number of aryl methyl sites for hydroxylation is 1. The first kappa shape index (κ1) is 23.2. The second kappa shape index (κ2) is 9.80. The molecule has 0 fully saturated rings. The Balaban J connectivity index is 1.85. The van der Waals surface area contributed by atoms with Crippen LogP contribution in [0.25, 0.3) is 11.3 Å². The molecule has 0 aliphatic carbocycles. The lowest BCUT2D eigenvalue weighted by Gasteiger charge is -2.14. The Bertz CT molecular complexity index is 1130. The van der Waals surface area contributed by atoms with Gasteiger partial charge in [0.25, 0.3) is 11.8 Å². The molecule has 3 aromatic rings. The van der Waals surface area contributed by atoms with Crippen molar-refractivity contribution in [3.05, 3.63) is 57.3 Å². The molecule has 0 spiro atoms. The van der Waals surface area contributed by atoms with Crippen molar-refractivity contribution in [2.45, 2.75) is 6.92 Å². The molecule has 0 atom stereocenters. The third-order valence-corrected chi connectivity index (χ3v) is 5.14. The molecule has 2 aromatic carbocycles. The molecule has 0 saturated carbocycles. The lowest BCUT2D eigenvalue weighted by molar-refractivity contribution is 0.0845. The van der Waals surface area contributed by atoms with Crippen LogP contribution >= 0.6 is 23.2 Å². The molecule has 0 bridgehead atoms. The first-order valence-electron chi connectivity index (χ1n) is 9.13. The Hall–Kier alpha value is -3.43. The van der Waals surface area contributed by atoms with Gasteiger partial charge < -0.3 is 18.7 Å². The number of halogens is 2. The number of rotatable bonds is 6. The first-order chi connectivity index (χ1) is 15.3. The van der Waals surface area contributed by atoms with Crippen molar-refractivity contribution in [2.24, 2.45) is 0 Å². The van der Waals surface area contributed by atoms with E-state index in [4.69, 9.17) is 41.9 Å². The van der Waals surface area contributed by atoms with Crippen LogP contribution in [0.4, 0.5) is 0 Å². The Morgan fingerprint density at radius 1 is 0.938 bits per heavy atom. The van der Waals surface area contributed by atoms with Gasteiger partial charge in [0.15, 0.2) is 11.5 Å². The molecule has 2 N–H and O–H groups in total. The number of nitrogens with one attached hydrogen (secondary N) is 2. The van der Waals surface area contributed by atoms with Crippen LogP contribution in [0.5, 0.6) is 17.2 Å². The summed E-state index contributed by atoms with van der Waals surface area (Å²) in [5.41, 5.74) is 5.41. The maximum atomic E-state index is 12.8. The minimum Gasteiger partial charge on any atom is -0.493 e. The van der Waals surface area contributed by atoms with Gasteiger partial charge in [0.1, 0.15) is 17.0 Å². The Kier molecular flexibility index (Phi) is 7.12. The number of methoxy groups -OCH3 is 3. The van der Waals surface area contributed by atoms with E-state index in [0.29, 0.717) is 21.4 Å². The number of benzene rings is 2. The third kappa shape index (κ3) is 4.44. The maximum absolute atomic E-state index is 12.8. The Labute approximate surface area is 193 Å². The smallest absolute Gasteiger partial charge is 0.275 e.